The van der Waals surface area contributed by atoms with Gasteiger partial charge in [-0.3, -0.25) is 4.90 Å². The molecule has 0 unspecified atom stereocenters. The van der Waals surface area contributed by atoms with Crippen molar-refractivity contribution >= 4 is 6.09 Å². The van der Waals surface area contributed by atoms with Crippen molar-refractivity contribution in [2.24, 2.45) is 5.73 Å². The van der Waals surface area contributed by atoms with E-state index in [1.54, 1.807) is 14.2 Å². The highest BCUT2D eigenvalue weighted by atomic mass is 16.6. The van der Waals surface area contributed by atoms with Gasteiger partial charge in [-0.25, -0.2) is 4.79 Å². The molecule has 26 heavy (non-hydrogen) atoms. The summed E-state index contributed by atoms with van der Waals surface area (Å²) in [6, 6.07) is 5.75. The predicted octanol–water partition coefficient (Wildman–Crippen LogP) is 2.30. The van der Waals surface area contributed by atoms with Crippen molar-refractivity contribution in [1.29, 1.82) is 0 Å². The van der Waals surface area contributed by atoms with Crippen molar-refractivity contribution in [3.05, 3.63) is 23.8 Å². The number of amides is 1. The Morgan fingerprint density at radius 1 is 1.35 bits per heavy atom. The number of carbonyl (C=O) groups excluding carboxylic acids is 1. The van der Waals surface area contributed by atoms with Crippen molar-refractivity contribution in [2.75, 3.05) is 33.9 Å². The van der Waals surface area contributed by atoms with Gasteiger partial charge in [0, 0.05) is 31.2 Å². The van der Waals surface area contributed by atoms with E-state index in [9.17, 15) is 4.79 Å². The highest BCUT2D eigenvalue weighted by Gasteiger charge is 2.31. The van der Waals surface area contributed by atoms with Crippen LogP contribution in [0.2, 0.25) is 0 Å². The van der Waals surface area contributed by atoms with Gasteiger partial charge in [0.1, 0.15) is 17.1 Å². The fraction of sp³-hybridized carbons (Fsp3) is 0.632. The number of benzene rings is 1. The second kappa shape index (κ2) is 8.60. The first kappa shape index (κ1) is 20.3. The molecule has 7 heteroatoms. The highest BCUT2D eigenvalue weighted by molar-refractivity contribution is 5.68. The largest absolute Gasteiger partial charge is 0.497 e. The van der Waals surface area contributed by atoms with E-state index in [0.717, 1.165) is 30.0 Å². The van der Waals surface area contributed by atoms with Crippen LogP contribution in [0, 0.1) is 0 Å². The monoisotopic (exact) mass is 365 g/mol. The Kier molecular flexibility index (Phi) is 6.72. The summed E-state index contributed by atoms with van der Waals surface area (Å²) in [4.78, 5) is 14.3. The van der Waals surface area contributed by atoms with Crippen molar-refractivity contribution in [1.82, 2.24) is 10.2 Å². The molecule has 1 amide bonds. The molecule has 0 saturated carbocycles. The zero-order valence-corrected chi connectivity index (χ0v) is 16.4. The maximum Gasteiger partial charge on any atom is 0.407 e. The quantitative estimate of drug-likeness (QED) is 0.804. The van der Waals surface area contributed by atoms with Crippen LogP contribution in [-0.4, -0.2) is 56.5 Å². The molecule has 146 valence electrons. The third-order valence-corrected chi connectivity index (χ3v) is 4.40. The number of likely N-dealkylation sites (tertiary alicyclic amines) is 1. The first-order valence-corrected chi connectivity index (χ1v) is 8.93. The maximum absolute atomic E-state index is 12.0. The van der Waals surface area contributed by atoms with Gasteiger partial charge in [-0.1, -0.05) is 0 Å². The average molecular weight is 365 g/mol. The van der Waals surface area contributed by atoms with Crippen LogP contribution in [-0.2, 0) is 4.74 Å². The number of nitrogens with two attached hydrogens (primary N) is 1. The molecule has 0 aliphatic carbocycles. The number of rotatable bonds is 6. The molecule has 2 atom stereocenters. The summed E-state index contributed by atoms with van der Waals surface area (Å²) >= 11 is 0. The molecule has 1 heterocycles. The second-order valence-corrected chi connectivity index (χ2v) is 7.49. The predicted molar refractivity (Wildman–Crippen MR) is 101 cm³/mol. The molecule has 1 fully saturated rings. The summed E-state index contributed by atoms with van der Waals surface area (Å²) in [7, 11) is 3.29. The molecule has 1 aromatic carbocycles. The molecule has 1 saturated heterocycles. The van der Waals surface area contributed by atoms with Gasteiger partial charge in [-0.2, -0.15) is 0 Å². The molecular weight excluding hydrogens is 334 g/mol. The van der Waals surface area contributed by atoms with E-state index in [1.807, 2.05) is 39.0 Å². The molecule has 0 spiro atoms. The van der Waals surface area contributed by atoms with Crippen LogP contribution in [0.4, 0.5) is 4.79 Å². The molecule has 1 aliphatic heterocycles. The normalized spacial score (nSPS) is 19.1. The second-order valence-electron chi connectivity index (χ2n) is 7.49. The van der Waals surface area contributed by atoms with Gasteiger partial charge < -0.3 is 25.3 Å². The van der Waals surface area contributed by atoms with Gasteiger partial charge in [0.2, 0.25) is 0 Å². The number of hydrogen-bond acceptors (Lipinski definition) is 6. The van der Waals surface area contributed by atoms with Crippen LogP contribution in [0.3, 0.4) is 0 Å². The van der Waals surface area contributed by atoms with E-state index in [4.69, 9.17) is 19.9 Å². The summed E-state index contributed by atoms with van der Waals surface area (Å²) in [5, 5.41) is 2.95. The lowest BCUT2D eigenvalue weighted by Gasteiger charge is -2.29. The van der Waals surface area contributed by atoms with Gasteiger partial charge in [0.25, 0.3) is 0 Å². The van der Waals surface area contributed by atoms with Gasteiger partial charge in [0.05, 0.1) is 20.3 Å². The van der Waals surface area contributed by atoms with E-state index in [-0.39, 0.29) is 18.2 Å². The summed E-state index contributed by atoms with van der Waals surface area (Å²) in [5.41, 5.74) is 6.57. The van der Waals surface area contributed by atoms with Crippen LogP contribution in [0.15, 0.2) is 18.2 Å². The molecular formula is C19H31N3O4. The molecule has 0 bridgehead atoms. The molecule has 0 radical (unpaired) electrons. The van der Waals surface area contributed by atoms with E-state index in [0.29, 0.717) is 13.1 Å². The number of hydrogen-bond donors (Lipinski definition) is 2. The first-order valence-electron chi connectivity index (χ1n) is 8.93. The van der Waals surface area contributed by atoms with E-state index >= 15 is 0 Å². The zero-order chi connectivity index (χ0) is 19.3. The molecule has 1 aromatic rings. The fourth-order valence-electron chi connectivity index (χ4n) is 3.23. The standard InChI is InChI=1S/C19H31N3O4/c1-19(2,3)26-18(23)21-13-8-9-22(12-13)16(11-20)15-10-14(24-4)6-7-17(15)25-5/h6-7,10,13,16H,8-9,11-12,20H2,1-5H3,(H,21,23)/t13-,16-/m0/s1. The van der Waals surface area contributed by atoms with Gasteiger partial charge in [0.15, 0.2) is 0 Å². The fourth-order valence-corrected chi connectivity index (χ4v) is 3.23. The number of alkyl carbamates (subject to hydrolysis) is 1. The van der Waals surface area contributed by atoms with Crippen molar-refractivity contribution < 1.29 is 19.0 Å². The van der Waals surface area contributed by atoms with Crippen LogP contribution in [0.1, 0.15) is 38.8 Å². The van der Waals surface area contributed by atoms with Gasteiger partial charge in [-0.05, 0) is 45.4 Å². The number of carbonyl (C=O) groups is 1. The van der Waals surface area contributed by atoms with Crippen molar-refractivity contribution in [2.45, 2.75) is 44.9 Å². The van der Waals surface area contributed by atoms with E-state index in [1.165, 1.54) is 0 Å². The summed E-state index contributed by atoms with van der Waals surface area (Å²) in [6.45, 7) is 7.56. The highest BCUT2D eigenvalue weighted by Crippen LogP contribution is 2.34. The average Bonchev–Trinajstić information content (AvgIpc) is 3.01. The zero-order valence-electron chi connectivity index (χ0n) is 16.4. The Labute approximate surface area is 155 Å². The molecule has 7 nitrogen and oxygen atoms in total. The van der Waals surface area contributed by atoms with Crippen LogP contribution in [0.5, 0.6) is 11.5 Å². The number of ether oxygens (including phenoxy) is 3. The minimum Gasteiger partial charge on any atom is -0.497 e. The van der Waals surface area contributed by atoms with Crippen molar-refractivity contribution in [3.8, 4) is 11.5 Å². The Balaban J connectivity index is 2.07. The third-order valence-electron chi connectivity index (χ3n) is 4.40. The SMILES string of the molecule is COc1ccc(OC)c([C@H](CN)N2CC[C@H](NC(=O)OC(C)(C)C)C2)c1. The smallest absolute Gasteiger partial charge is 0.407 e. The Morgan fingerprint density at radius 3 is 2.65 bits per heavy atom. The number of nitrogens with zero attached hydrogens (tertiary/aromatic N) is 1. The summed E-state index contributed by atoms with van der Waals surface area (Å²) < 4.78 is 16.2. The number of nitrogens with one attached hydrogen (secondary N) is 1. The first-order chi connectivity index (χ1) is 12.3. The topological polar surface area (TPSA) is 86.1 Å². The van der Waals surface area contributed by atoms with Gasteiger partial charge in [-0.15, -0.1) is 0 Å². The van der Waals surface area contributed by atoms with Crippen LogP contribution in [0.25, 0.3) is 0 Å². The van der Waals surface area contributed by atoms with E-state index < -0.39 is 5.60 Å². The third kappa shape index (κ3) is 5.25. The Morgan fingerprint density at radius 2 is 2.08 bits per heavy atom. The maximum atomic E-state index is 12.0. The summed E-state index contributed by atoms with van der Waals surface area (Å²) in [5.74, 6) is 1.55. The van der Waals surface area contributed by atoms with Crippen LogP contribution >= 0.6 is 0 Å². The Hall–Kier alpha value is -1.99. The number of methoxy groups -OCH3 is 2. The molecule has 3 N–H and O–H groups in total. The minimum atomic E-state index is -0.504. The summed E-state index contributed by atoms with van der Waals surface area (Å²) in [6.07, 6.45) is 0.467. The lowest BCUT2D eigenvalue weighted by Crippen LogP contribution is -2.41. The lowest BCUT2D eigenvalue weighted by molar-refractivity contribution is 0.0504. The van der Waals surface area contributed by atoms with Crippen LogP contribution < -0.4 is 20.5 Å². The van der Waals surface area contributed by atoms with Gasteiger partial charge >= 0.3 is 6.09 Å². The molecule has 0 aromatic heterocycles. The molecule has 2 rings (SSSR count). The minimum absolute atomic E-state index is 0.00881. The lowest BCUT2D eigenvalue weighted by atomic mass is 10.0. The molecule has 1 aliphatic rings. The Bertz CT molecular complexity index is 615. The van der Waals surface area contributed by atoms with Crippen molar-refractivity contribution in [3.63, 3.8) is 0 Å². The van der Waals surface area contributed by atoms with E-state index in [2.05, 4.69) is 10.2 Å².